The number of methoxy groups -OCH3 is 1. The highest BCUT2D eigenvalue weighted by Gasteiger charge is 2.08. The van der Waals surface area contributed by atoms with E-state index in [1.54, 1.807) is 32.2 Å². The fourth-order valence-corrected chi connectivity index (χ4v) is 1.23. The van der Waals surface area contributed by atoms with Gasteiger partial charge in [-0.25, -0.2) is 0 Å². The highest BCUT2D eigenvalue weighted by molar-refractivity contribution is 5.66. The van der Waals surface area contributed by atoms with Crippen LogP contribution >= 0.6 is 0 Å². The van der Waals surface area contributed by atoms with Gasteiger partial charge in [0.1, 0.15) is 11.8 Å². The van der Waals surface area contributed by atoms with Gasteiger partial charge >= 0.3 is 0 Å². The molecule has 0 spiro atoms. The number of anilines is 1. The zero-order chi connectivity index (χ0) is 11.3. The Balaban J connectivity index is 2.96. The van der Waals surface area contributed by atoms with Crippen LogP contribution in [0.5, 0.6) is 5.75 Å². The molecule has 80 valence electrons. The van der Waals surface area contributed by atoms with Crippen LogP contribution in [-0.4, -0.2) is 24.9 Å². The van der Waals surface area contributed by atoms with Gasteiger partial charge in [0.25, 0.3) is 0 Å². The molecule has 1 atom stereocenters. The monoisotopic (exact) mass is 206 g/mol. The first-order chi connectivity index (χ1) is 7.19. The molecule has 0 bridgehead atoms. The lowest BCUT2D eigenvalue weighted by atomic mass is 10.1. The Bertz CT molecular complexity index is 369. The fourth-order valence-electron chi connectivity index (χ4n) is 1.23. The number of hydrogen-bond donors (Lipinski definition) is 2. The second kappa shape index (κ2) is 5.23. The topological polar surface area (TPSA) is 65.3 Å². The third-order valence-electron chi connectivity index (χ3n) is 1.94. The molecule has 0 fully saturated rings. The van der Waals surface area contributed by atoms with E-state index in [9.17, 15) is 0 Å². The summed E-state index contributed by atoms with van der Waals surface area (Å²) >= 11 is 0. The van der Waals surface area contributed by atoms with E-state index in [1.165, 1.54) is 0 Å². The maximum atomic E-state index is 9.15. The van der Waals surface area contributed by atoms with Crippen molar-refractivity contribution in [3.05, 3.63) is 23.8 Å². The number of para-hydroxylation sites is 1. The van der Waals surface area contributed by atoms with Crippen molar-refractivity contribution in [3.63, 3.8) is 0 Å². The van der Waals surface area contributed by atoms with Crippen LogP contribution in [0.3, 0.4) is 0 Å². The Hall–Kier alpha value is -1.73. The number of aliphatic hydroxyl groups is 1. The maximum Gasteiger partial charge on any atom is 0.143 e. The van der Waals surface area contributed by atoms with Gasteiger partial charge in [-0.2, -0.15) is 5.26 Å². The summed E-state index contributed by atoms with van der Waals surface area (Å²) in [5.74, 6) is 0.606. The lowest BCUT2D eigenvalue weighted by molar-refractivity contribution is 0.208. The Morgan fingerprint density at radius 2 is 2.33 bits per heavy atom. The molecule has 15 heavy (non-hydrogen) atoms. The number of nitrogens with zero attached hydrogens (tertiary/aromatic N) is 1. The van der Waals surface area contributed by atoms with Gasteiger partial charge in [-0.15, -0.1) is 0 Å². The molecule has 0 aliphatic heterocycles. The van der Waals surface area contributed by atoms with Crippen molar-refractivity contribution >= 4 is 5.69 Å². The third-order valence-corrected chi connectivity index (χ3v) is 1.94. The average Bonchev–Trinajstić information content (AvgIpc) is 2.25. The van der Waals surface area contributed by atoms with Crippen molar-refractivity contribution in [2.75, 3.05) is 19.0 Å². The van der Waals surface area contributed by atoms with Gasteiger partial charge < -0.3 is 15.2 Å². The van der Waals surface area contributed by atoms with E-state index in [4.69, 9.17) is 15.1 Å². The molecule has 2 N–H and O–H groups in total. The molecular formula is C11H14N2O2. The summed E-state index contributed by atoms with van der Waals surface area (Å²) < 4.78 is 5.12. The van der Waals surface area contributed by atoms with Crippen molar-refractivity contribution in [2.45, 2.75) is 13.0 Å². The summed E-state index contributed by atoms with van der Waals surface area (Å²) in [6.07, 6.45) is -0.471. The molecule has 0 heterocycles. The zero-order valence-electron chi connectivity index (χ0n) is 8.82. The second-order valence-electron chi connectivity index (χ2n) is 3.22. The van der Waals surface area contributed by atoms with Crippen molar-refractivity contribution in [1.82, 2.24) is 0 Å². The molecule has 1 rings (SSSR count). The Kier molecular flexibility index (Phi) is 3.95. The van der Waals surface area contributed by atoms with Crippen molar-refractivity contribution in [1.29, 1.82) is 5.26 Å². The van der Waals surface area contributed by atoms with Crippen LogP contribution in [0.4, 0.5) is 5.69 Å². The summed E-state index contributed by atoms with van der Waals surface area (Å²) in [5, 5.41) is 21.0. The SMILES string of the molecule is COc1cccc(C#N)c1NCC(C)O. The van der Waals surface area contributed by atoms with E-state index in [0.717, 1.165) is 0 Å². The number of nitriles is 1. The van der Waals surface area contributed by atoms with Crippen LogP contribution in [0.2, 0.25) is 0 Å². The van der Waals surface area contributed by atoms with E-state index >= 15 is 0 Å². The van der Waals surface area contributed by atoms with Gasteiger partial charge in [0.2, 0.25) is 0 Å². The minimum atomic E-state index is -0.471. The van der Waals surface area contributed by atoms with Gasteiger partial charge in [0.15, 0.2) is 0 Å². The fraction of sp³-hybridized carbons (Fsp3) is 0.364. The summed E-state index contributed by atoms with van der Waals surface area (Å²) in [6, 6.07) is 7.30. The maximum absolute atomic E-state index is 9.15. The first kappa shape index (κ1) is 11.3. The summed E-state index contributed by atoms with van der Waals surface area (Å²) in [4.78, 5) is 0. The van der Waals surface area contributed by atoms with Crippen molar-refractivity contribution in [2.24, 2.45) is 0 Å². The smallest absolute Gasteiger partial charge is 0.143 e. The molecule has 4 nitrogen and oxygen atoms in total. The molecule has 0 saturated carbocycles. The highest BCUT2D eigenvalue weighted by atomic mass is 16.5. The zero-order valence-corrected chi connectivity index (χ0v) is 8.82. The quantitative estimate of drug-likeness (QED) is 0.780. The van der Waals surface area contributed by atoms with Gasteiger partial charge in [-0.3, -0.25) is 0 Å². The van der Waals surface area contributed by atoms with Crippen LogP contribution in [0, 0.1) is 11.3 Å². The average molecular weight is 206 g/mol. The standard InChI is InChI=1S/C11H14N2O2/c1-8(14)7-13-11-9(6-12)4-3-5-10(11)15-2/h3-5,8,13-14H,7H2,1-2H3. The minimum absolute atomic E-state index is 0.384. The number of rotatable bonds is 4. The predicted octanol–water partition coefficient (Wildman–Crippen LogP) is 1.36. The van der Waals surface area contributed by atoms with Crippen molar-refractivity contribution in [3.8, 4) is 11.8 Å². The van der Waals surface area contributed by atoms with E-state index in [1.807, 2.05) is 0 Å². The first-order valence-corrected chi connectivity index (χ1v) is 4.68. The summed E-state index contributed by atoms with van der Waals surface area (Å²) in [5.41, 5.74) is 1.14. The molecule has 0 radical (unpaired) electrons. The van der Waals surface area contributed by atoms with Gasteiger partial charge in [-0.1, -0.05) is 6.07 Å². The lowest BCUT2D eigenvalue weighted by Gasteiger charge is -2.13. The molecule has 1 unspecified atom stereocenters. The number of hydrogen-bond acceptors (Lipinski definition) is 4. The number of aliphatic hydroxyl groups excluding tert-OH is 1. The molecule has 0 aromatic heterocycles. The molecule has 0 aliphatic carbocycles. The predicted molar refractivity (Wildman–Crippen MR) is 57.9 cm³/mol. The van der Waals surface area contributed by atoms with Crippen LogP contribution in [0.1, 0.15) is 12.5 Å². The molecule has 4 heteroatoms. The van der Waals surface area contributed by atoms with E-state index in [0.29, 0.717) is 23.5 Å². The molecule has 0 amide bonds. The van der Waals surface area contributed by atoms with E-state index in [2.05, 4.69) is 11.4 Å². The Morgan fingerprint density at radius 1 is 1.60 bits per heavy atom. The highest BCUT2D eigenvalue weighted by Crippen LogP contribution is 2.27. The molecule has 1 aromatic rings. The van der Waals surface area contributed by atoms with E-state index < -0.39 is 6.10 Å². The minimum Gasteiger partial charge on any atom is -0.495 e. The van der Waals surface area contributed by atoms with Crippen LogP contribution in [-0.2, 0) is 0 Å². The van der Waals surface area contributed by atoms with Crippen LogP contribution in [0.25, 0.3) is 0 Å². The van der Waals surface area contributed by atoms with Gasteiger partial charge in [-0.05, 0) is 19.1 Å². The molecule has 0 saturated heterocycles. The number of nitrogens with one attached hydrogen (secondary N) is 1. The van der Waals surface area contributed by atoms with Gasteiger partial charge in [0, 0.05) is 6.54 Å². The molecule has 0 aliphatic rings. The Labute approximate surface area is 89.1 Å². The van der Waals surface area contributed by atoms with Crippen LogP contribution < -0.4 is 10.1 Å². The van der Waals surface area contributed by atoms with Crippen molar-refractivity contribution < 1.29 is 9.84 Å². The summed E-state index contributed by atoms with van der Waals surface area (Å²) in [7, 11) is 1.55. The van der Waals surface area contributed by atoms with Gasteiger partial charge in [0.05, 0.1) is 24.5 Å². The largest absolute Gasteiger partial charge is 0.495 e. The van der Waals surface area contributed by atoms with E-state index in [-0.39, 0.29) is 0 Å². The normalized spacial score (nSPS) is 11.6. The number of ether oxygens (including phenoxy) is 1. The lowest BCUT2D eigenvalue weighted by Crippen LogP contribution is -2.16. The Morgan fingerprint density at radius 3 is 2.87 bits per heavy atom. The molecular weight excluding hydrogens is 192 g/mol. The molecule has 1 aromatic carbocycles. The summed E-state index contributed by atoms with van der Waals surface area (Å²) in [6.45, 7) is 2.06. The third kappa shape index (κ3) is 2.86. The second-order valence-corrected chi connectivity index (χ2v) is 3.22. The first-order valence-electron chi connectivity index (χ1n) is 4.68. The number of benzene rings is 1. The van der Waals surface area contributed by atoms with Crippen LogP contribution in [0.15, 0.2) is 18.2 Å².